The fraction of sp³-hybridized carbons (Fsp3) is 0.286. The summed E-state index contributed by atoms with van der Waals surface area (Å²) >= 11 is 0. The van der Waals surface area contributed by atoms with Gasteiger partial charge in [-0.3, -0.25) is 4.79 Å². The minimum absolute atomic E-state index is 0.195. The van der Waals surface area contributed by atoms with E-state index in [0.29, 0.717) is 11.1 Å². The maximum Gasteiger partial charge on any atom is 0.244 e. The largest absolute Gasteiger partial charge is 0.349 e. The van der Waals surface area contributed by atoms with E-state index in [4.69, 9.17) is 5.26 Å². The number of halogens is 1. The lowest BCUT2D eigenvalue weighted by Crippen LogP contribution is -2.30. The Balaban J connectivity index is 2.72. The Bertz CT molecular complexity index is 503. The standard InChI is InChI=1S/C14H15FN2O/c1-10(12-4-3-5-13(15)9-12)8-14(18)17-11(2)6-7-16/h3-5,8-9,11H,6H2,1-2H3,(H,17,18)/b10-8+. The molecule has 0 saturated carbocycles. The van der Waals surface area contributed by atoms with Gasteiger partial charge in [0.2, 0.25) is 5.91 Å². The van der Waals surface area contributed by atoms with E-state index in [0.717, 1.165) is 0 Å². The molecule has 1 aromatic carbocycles. The van der Waals surface area contributed by atoms with E-state index in [1.807, 2.05) is 6.07 Å². The highest BCUT2D eigenvalue weighted by Crippen LogP contribution is 2.14. The van der Waals surface area contributed by atoms with E-state index in [-0.39, 0.29) is 24.2 Å². The van der Waals surface area contributed by atoms with Crippen LogP contribution in [-0.2, 0) is 4.79 Å². The van der Waals surface area contributed by atoms with Crippen molar-refractivity contribution in [1.82, 2.24) is 5.32 Å². The fourth-order valence-electron chi connectivity index (χ4n) is 1.49. The van der Waals surface area contributed by atoms with Crippen molar-refractivity contribution in [3.05, 3.63) is 41.7 Å². The molecular formula is C14H15FN2O. The number of hydrogen-bond donors (Lipinski definition) is 1. The number of allylic oxidation sites excluding steroid dienone is 1. The first kappa shape index (κ1) is 13.9. The van der Waals surface area contributed by atoms with Gasteiger partial charge in [-0.25, -0.2) is 4.39 Å². The summed E-state index contributed by atoms with van der Waals surface area (Å²) in [4.78, 5) is 11.6. The smallest absolute Gasteiger partial charge is 0.244 e. The summed E-state index contributed by atoms with van der Waals surface area (Å²) in [7, 11) is 0. The summed E-state index contributed by atoms with van der Waals surface area (Å²) in [5, 5.41) is 11.1. The summed E-state index contributed by atoms with van der Waals surface area (Å²) in [6.45, 7) is 3.50. The molecule has 3 nitrogen and oxygen atoms in total. The van der Waals surface area contributed by atoms with Crippen LogP contribution in [0.1, 0.15) is 25.8 Å². The lowest BCUT2D eigenvalue weighted by molar-refractivity contribution is -0.117. The van der Waals surface area contributed by atoms with Gasteiger partial charge in [-0.1, -0.05) is 12.1 Å². The molecule has 1 rings (SSSR count). The molecule has 1 aromatic rings. The van der Waals surface area contributed by atoms with Crippen molar-refractivity contribution in [2.45, 2.75) is 26.3 Å². The lowest BCUT2D eigenvalue weighted by Gasteiger charge is -2.08. The zero-order valence-electron chi connectivity index (χ0n) is 10.4. The van der Waals surface area contributed by atoms with Crippen LogP contribution in [0, 0.1) is 17.1 Å². The van der Waals surface area contributed by atoms with Crippen LogP contribution >= 0.6 is 0 Å². The predicted molar refractivity (Wildman–Crippen MR) is 67.9 cm³/mol. The molecule has 0 aliphatic heterocycles. The van der Waals surface area contributed by atoms with Crippen molar-refractivity contribution in [2.24, 2.45) is 0 Å². The first-order valence-electron chi connectivity index (χ1n) is 5.64. The highest BCUT2D eigenvalue weighted by Gasteiger charge is 2.05. The molecule has 0 saturated heterocycles. The maximum absolute atomic E-state index is 13.0. The van der Waals surface area contributed by atoms with Crippen LogP contribution in [0.2, 0.25) is 0 Å². The molecule has 1 unspecified atom stereocenters. The van der Waals surface area contributed by atoms with Gasteiger partial charge in [0.05, 0.1) is 12.5 Å². The van der Waals surface area contributed by atoms with E-state index >= 15 is 0 Å². The Morgan fingerprint density at radius 3 is 2.94 bits per heavy atom. The molecule has 1 N–H and O–H groups in total. The number of rotatable bonds is 4. The van der Waals surface area contributed by atoms with Crippen LogP contribution in [0.5, 0.6) is 0 Å². The Morgan fingerprint density at radius 1 is 1.61 bits per heavy atom. The summed E-state index contributed by atoms with van der Waals surface area (Å²) in [5.74, 6) is -0.613. The Labute approximate surface area is 106 Å². The maximum atomic E-state index is 13.0. The quantitative estimate of drug-likeness (QED) is 0.830. The van der Waals surface area contributed by atoms with Crippen molar-refractivity contribution >= 4 is 11.5 Å². The third-order valence-corrected chi connectivity index (χ3v) is 2.41. The normalized spacial score (nSPS) is 12.7. The van der Waals surface area contributed by atoms with Crippen molar-refractivity contribution in [2.75, 3.05) is 0 Å². The number of nitrogens with one attached hydrogen (secondary N) is 1. The van der Waals surface area contributed by atoms with E-state index in [2.05, 4.69) is 5.32 Å². The van der Waals surface area contributed by atoms with Gasteiger partial charge in [0.25, 0.3) is 0 Å². The summed E-state index contributed by atoms with van der Waals surface area (Å²) < 4.78 is 13.0. The molecule has 94 valence electrons. The van der Waals surface area contributed by atoms with Crippen LogP contribution in [0.25, 0.3) is 5.57 Å². The topological polar surface area (TPSA) is 52.9 Å². The monoisotopic (exact) mass is 246 g/mol. The number of carbonyl (C=O) groups is 1. The molecule has 0 aliphatic rings. The molecule has 1 amide bonds. The Hall–Kier alpha value is -2.15. The first-order chi connectivity index (χ1) is 8.52. The van der Waals surface area contributed by atoms with E-state index in [1.165, 1.54) is 18.2 Å². The minimum Gasteiger partial charge on any atom is -0.349 e. The third kappa shape index (κ3) is 4.38. The van der Waals surface area contributed by atoms with Gasteiger partial charge in [0.1, 0.15) is 5.82 Å². The predicted octanol–water partition coefficient (Wildman–Crippen LogP) is 2.65. The number of nitriles is 1. The second-order valence-electron chi connectivity index (χ2n) is 4.11. The van der Waals surface area contributed by atoms with Crippen molar-refractivity contribution in [3.8, 4) is 6.07 Å². The van der Waals surface area contributed by atoms with Crippen LogP contribution in [0.4, 0.5) is 4.39 Å². The summed E-state index contributed by atoms with van der Waals surface area (Å²) in [6, 6.07) is 7.84. The minimum atomic E-state index is -0.335. The van der Waals surface area contributed by atoms with Gasteiger partial charge in [0.15, 0.2) is 0 Å². The number of nitrogens with zero attached hydrogens (tertiary/aromatic N) is 1. The number of benzene rings is 1. The van der Waals surface area contributed by atoms with Crippen LogP contribution in [0.15, 0.2) is 30.3 Å². The van der Waals surface area contributed by atoms with Crippen molar-refractivity contribution in [3.63, 3.8) is 0 Å². The zero-order chi connectivity index (χ0) is 13.5. The van der Waals surface area contributed by atoms with E-state index in [9.17, 15) is 9.18 Å². The van der Waals surface area contributed by atoms with Crippen LogP contribution < -0.4 is 5.32 Å². The van der Waals surface area contributed by atoms with E-state index < -0.39 is 0 Å². The van der Waals surface area contributed by atoms with Crippen LogP contribution in [-0.4, -0.2) is 11.9 Å². The molecule has 0 radical (unpaired) electrons. The highest BCUT2D eigenvalue weighted by molar-refractivity contribution is 5.94. The molecule has 18 heavy (non-hydrogen) atoms. The first-order valence-corrected chi connectivity index (χ1v) is 5.64. The molecule has 4 heteroatoms. The molecule has 1 atom stereocenters. The highest BCUT2D eigenvalue weighted by atomic mass is 19.1. The molecule has 0 fully saturated rings. The van der Waals surface area contributed by atoms with Gasteiger partial charge >= 0.3 is 0 Å². The lowest BCUT2D eigenvalue weighted by atomic mass is 10.1. The number of hydrogen-bond acceptors (Lipinski definition) is 2. The zero-order valence-corrected chi connectivity index (χ0v) is 10.4. The molecule has 0 aliphatic carbocycles. The molecule has 0 spiro atoms. The molecule has 0 aromatic heterocycles. The van der Waals surface area contributed by atoms with Gasteiger partial charge in [-0.05, 0) is 37.1 Å². The molecule has 0 heterocycles. The van der Waals surface area contributed by atoms with Gasteiger partial charge in [-0.15, -0.1) is 0 Å². The summed E-state index contributed by atoms with van der Waals surface area (Å²) in [6.07, 6.45) is 1.67. The molecule has 0 bridgehead atoms. The third-order valence-electron chi connectivity index (χ3n) is 2.41. The number of amides is 1. The van der Waals surface area contributed by atoms with Crippen molar-refractivity contribution in [1.29, 1.82) is 5.26 Å². The van der Waals surface area contributed by atoms with E-state index in [1.54, 1.807) is 26.0 Å². The fourth-order valence-corrected chi connectivity index (χ4v) is 1.49. The Kier molecular flexibility index (Phi) is 5.06. The number of carbonyl (C=O) groups excluding carboxylic acids is 1. The SMILES string of the molecule is C/C(=C\C(=O)NC(C)CC#N)c1cccc(F)c1. The van der Waals surface area contributed by atoms with Gasteiger partial charge in [0, 0.05) is 12.1 Å². The average Bonchev–Trinajstić information content (AvgIpc) is 2.28. The molecular weight excluding hydrogens is 231 g/mol. The van der Waals surface area contributed by atoms with Crippen molar-refractivity contribution < 1.29 is 9.18 Å². The second-order valence-corrected chi connectivity index (χ2v) is 4.11. The summed E-state index contributed by atoms with van der Waals surface area (Å²) in [5.41, 5.74) is 1.34. The van der Waals surface area contributed by atoms with Crippen LogP contribution in [0.3, 0.4) is 0 Å². The average molecular weight is 246 g/mol. The second kappa shape index (κ2) is 6.55. The Morgan fingerprint density at radius 2 is 2.33 bits per heavy atom. The van der Waals surface area contributed by atoms with Gasteiger partial charge < -0.3 is 5.32 Å². The van der Waals surface area contributed by atoms with Gasteiger partial charge in [-0.2, -0.15) is 5.26 Å².